The molecule has 0 heterocycles. The van der Waals surface area contributed by atoms with Crippen molar-refractivity contribution in [3.05, 3.63) is 34.9 Å². The number of primary amides is 1. The maximum absolute atomic E-state index is 10.6. The number of benzene rings is 1. The predicted molar refractivity (Wildman–Crippen MR) is 55.2 cm³/mol. The Balaban J connectivity index is 2.89. The summed E-state index contributed by atoms with van der Waals surface area (Å²) >= 11 is 5.95. The fraction of sp³-hybridized carbons (Fsp3) is 0.300. The zero-order chi connectivity index (χ0) is 10.6. The van der Waals surface area contributed by atoms with Crippen molar-refractivity contribution in [1.82, 2.24) is 0 Å². The van der Waals surface area contributed by atoms with E-state index in [0.29, 0.717) is 11.4 Å². The van der Waals surface area contributed by atoms with E-state index in [1.54, 1.807) is 6.07 Å². The third-order valence-electron chi connectivity index (χ3n) is 1.88. The molecule has 0 spiro atoms. The number of ether oxygens (including phenoxy) is 1. The lowest BCUT2D eigenvalue weighted by molar-refractivity contribution is 0.104. The monoisotopic (exact) mass is 213 g/mol. The minimum Gasteiger partial charge on any atom is -0.441 e. The van der Waals surface area contributed by atoms with E-state index in [0.717, 1.165) is 5.56 Å². The SMILES string of the molecule is CCC(OC(N)=O)c1ccccc1Cl. The molecule has 0 fully saturated rings. The van der Waals surface area contributed by atoms with Crippen LogP contribution in [-0.4, -0.2) is 6.09 Å². The summed E-state index contributed by atoms with van der Waals surface area (Å²) in [6.45, 7) is 1.90. The Morgan fingerprint density at radius 3 is 2.71 bits per heavy atom. The standard InChI is InChI=1S/C10H12ClNO2/c1-2-9(14-10(12)13)7-5-3-4-6-8(7)11/h3-6,9H,2H2,1H3,(H2,12,13). The van der Waals surface area contributed by atoms with Crippen LogP contribution in [0.4, 0.5) is 4.79 Å². The Kier molecular flexibility index (Phi) is 3.77. The molecule has 0 bridgehead atoms. The van der Waals surface area contributed by atoms with E-state index in [2.05, 4.69) is 0 Å². The van der Waals surface area contributed by atoms with Crippen LogP contribution in [0.15, 0.2) is 24.3 Å². The number of halogens is 1. The highest BCUT2D eigenvalue weighted by atomic mass is 35.5. The van der Waals surface area contributed by atoms with Crippen molar-refractivity contribution >= 4 is 17.7 Å². The normalized spacial score (nSPS) is 12.1. The summed E-state index contributed by atoms with van der Waals surface area (Å²) in [5.74, 6) is 0. The number of rotatable bonds is 3. The Morgan fingerprint density at radius 2 is 2.21 bits per heavy atom. The molecule has 3 nitrogen and oxygen atoms in total. The van der Waals surface area contributed by atoms with Crippen molar-refractivity contribution in [2.75, 3.05) is 0 Å². The molecule has 1 aromatic carbocycles. The van der Waals surface area contributed by atoms with Crippen LogP contribution in [-0.2, 0) is 4.74 Å². The van der Waals surface area contributed by atoms with Gasteiger partial charge in [-0.05, 0) is 12.5 Å². The predicted octanol–water partition coefficient (Wildman–Crippen LogP) is 2.89. The van der Waals surface area contributed by atoms with Gasteiger partial charge in [-0.15, -0.1) is 0 Å². The largest absolute Gasteiger partial charge is 0.441 e. The average Bonchev–Trinajstić information content (AvgIpc) is 2.15. The summed E-state index contributed by atoms with van der Waals surface area (Å²) in [6.07, 6.45) is -0.495. The van der Waals surface area contributed by atoms with Gasteiger partial charge in [-0.25, -0.2) is 4.79 Å². The topological polar surface area (TPSA) is 52.3 Å². The summed E-state index contributed by atoms with van der Waals surface area (Å²) in [4.78, 5) is 10.6. The molecule has 14 heavy (non-hydrogen) atoms. The van der Waals surface area contributed by atoms with Crippen LogP contribution in [0.3, 0.4) is 0 Å². The molecule has 0 saturated carbocycles. The third kappa shape index (κ3) is 2.64. The van der Waals surface area contributed by atoms with Crippen molar-refractivity contribution in [2.45, 2.75) is 19.4 Å². The van der Waals surface area contributed by atoms with E-state index < -0.39 is 6.09 Å². The zero-order valence-electron chi connectivity index (χ0n) is 7.87. The molecule has 76 valence electrons. The maximum atomic E-state index is 10.6. The first-order valence-electron chi connectivity index (χ1n) is 4.35. The Morgan fingerprint density at radius 1 is 1.57 bits per heavy atom. The van der Waals surface area contributed by atoms with Crippen molar-refractivity contribution in [3.63, 3.8) is 0 Å². The summed E-state index contributed by atoms with van der Waals surface area (Å²) in [5.41, 5.74) is 5.74. The first-order chi connectivity index (χ1) is 6.65. The number of carbonyl (C=O) groups excluding carboxylic acids is 1. The van der Waals surface area contributed by atoms with Gasteiger partial charge in [-0.2, -0.15) is 0 Å². The molecule has 0 aliphatic carbocycles. The first-order valence-corrected chi connectivity index (χ1v) is 4.73. The van der Waals surface area contributed by atoms with Gasteiger partial charge in [0.05, 0.1) is 0 Å². The average molecular weight is 214 g/mol. The zero-order valence-corrected chi connectivity index (χ0v) is 8.62. The van der Waals surface area contributed by atoms with Crippen LogP contribution in [0.5, 0.6) is 0 Å². The van der Waals surface area contributed by atoms with Crippen molar-refractivity contribution in [3.8, 4) is 0 Å². The number of carbonyl (C=O) groups is 1. The molecule has 2 N–H and O–H groups in total. The van der Waals surface area contributed by atoms with Gasteiger partial charge in [0.2, 0.25) is 0 Å². The molecule has 1 amide bonds. The lowest BCUT2D eigenvalue weighted by Gasteiger charge is -2.15. The fourth-order valence-electron chi connectivity index (χ4n) is 1.24. The molecule has 1 atom stereocenters. The Bertz CT molecular complexity index is 328. The summed E-state index contributed by atoms with van der Waals surface area (Å²) in [5, 5.41) is 0.584. The van der Waals surface area contributed by atoms with Gasteiger partial charge in [0.1, 0.15) is 6.10 Å². The molecule has 1 rings (SSSR count). The second-order valence-corrected chi connectivity index (χ2v) is 3.26. The van der Waals surface area contributed by atoms with Gasteiger partial charge in [-0.3, -0.25) is 0 Å². The molecule has 0 saturated heterocycles. The molecule has 1 unspecified atom stereocenters. The molecule has 0 radical (unpaired) electrons. The van der Waals surface area contributed by atoms with Gasteiger partial charge in [0.25, 0.3) is 0 Å². The van der Waals surface area contributed by atoms with Crippen LogP contribution in [0.2, 0.25) is 5.02 Å². The lowest BCUT2D eigenvalue weighted by Crippen LogP contribution is -2.17. The Hall–Kier alpha value is -1.22. The summed E-state index contributed by atoms with van der Waals surface area (Å²) in [6, 6.07) is 7.24. The van der Waals surface area contributed by atoms with Gasteiger partial charge >= 0.3 is 6.09 Å². The first kappa shape index (κ1) is 10.9. The smallest absolute Gasteiger partial charge is 0.405 e. The Labute approximate surface area is 87.8 Å². The summed E-state index contributed by atoms with van der Waals surface area (Å²) in [7, 11) is 0. The lowest BCUT2D eigenvalue weighted by atomic mass is 10.1. The fourth-order valence-corrected chi connectivity index (χ4v) is 1.50. The van der Waals surface area contributed by atoms with Gasteiger partial charge in [-0.1, -0.05) is 36.7 Å². The van der Waals surface area contributed by atoms with Crippen molar-refractivity contribution < 1.29 is 9.53 Å². The van der Waals surface area contributed by atoms with Gasteiger partial charge < -0.3 is 10.5 Å². The molecule has 0 aromatic heterocycles. The van der Waals surface area contributed by atoms with Crippen LogP contribution in [0.25, 0.3) is 0 Å². The quantitative estimate of drug-likeness (QED) is 0.840. The number of hydrogen-bond donors (Lipinski definition) is 1. The number of hydrogen-bond acceptors (Lipinski definition) is 2. The maximum Gasteiger partial charge on any atom is 0.405 e. The molecular formula is C10H12ClNO2. The minimum absolute atomic E-state index is 0.360. The molecule has 0 aliphatic heterocycles. The number of nitrogens with two attached hydrogens (primary N) is 1. The van der Waals surface area contributed by atoms with Gasteiger partial charge in [0.15, 0.2) is 0 Å². The van der Waals surface area contributed by atoms with Crippen LogP contribution in [0, 0.1) is 0 Å². The third-order valence-corrected chi connectivity index (χ3v) is 2.23. The highest BCUT2D eigenvalue weighted by Crippen LogP contribution is 2.27. The minimum atomic E-state index is -0.781. The van der Waals surface area contributed by atoms with E-state index in [9.17, 15) is 4.79 Å². The van der Waals surface area contributed by atoms with Crippen LogP contribution in [0.1, 0.15) is 25.0 Å². The molecule has 1 aromatic rings. The highest BCUT2D eigenvalue weighted by molar-refractivity contribution is 6.31. The van der Waals surface area contributed by atoms with Crippen LogP contribution < -0.4 is 5.73 Å². The molecule has 0 aliphatic rings. The molecular weight excluding hydrogens is 202 g/mol. The van der Waals surface area contributed by atoms with E-state index >= 15 is 0 Å². The van der Waals surface area contributed by atoms with Crippen LogP contribution >= 0.6 is 11.6 Å². The van der Waals surface area contributed by atoms with Crippen molar-refractivity contribution in [2.24, 2.45) is 5.73 Å². The van der Waals surface area contributed by atoms with E-state index in [-0.39, 0.29) is 6.10 Å². The van der Waals surface area contributed by atoms with Gasteiger partial charge in [0, 0.05) is 10.6 Å². The molecule has 4 heteroatoms. The highest BCUT2D eigenvalue weighted by Gasteiger charge is 2.15. The van der Waals surface area contributed by atoms with E-state index in [1.165, 1.54) is 0 Å². The number of amides is 1. The van der Waals surface area contributed by atoms with Crippen molar-refractivity contribution in [1.29, 1.82) is 0 Å². The van der Waals surface area contributed by atoms with E-state index in [1.807, 2.05) is 25.1 Å². The second-order valence-electron chi connectivity index (χ2n) is 2.86. The summed E-state index contributed by atoms with van der Waals surface area (Å²) < 4.78 is 4.92. The van der Waals surface area contributed by atoms with E-state index in [4.69, 9.17) is 22.1 Å². The second kappa shape index (κ2) is 4.86.